The van der Waals surface area contributed by atoms with Crippen molar-refractivity contribution in [2.75, 3.05) is 18.0 Å². The predicted molar refractivity (Wildman–Crippen MR) is 121 cm³/mol. The van der Waals surface area contributed by atoms with Crippen LogP contribution in [0.15, 0.2) is 42.6 Å². The number of amides is 2. The van der Waals surface area contributed by atoms with Crippen molar-refractivity contribution in [3.05, 3.63) is 53.7 Å². The summed E-state index contributed by atoms with van der Waals surface area (Å²) in [5.41, 5.74) is 2.09. The largest absolute Gasteiger partial charge is 0.491 e. The maximum atomic E-state index is 12.4. The molecule has 1 aliphatic rings. The van der Waals surface area contributed by atoms with Crippen LogP contribution in [0.4, 0.5) is 10.6 Å². The highest BCUT2D eigenvalue weighted by atomic mass is 16.5. The molecule has 1 atom stereocenters. The molecule has 0 spiro atoms. The Labute approximate surface area is 180 Å². The number of hydrogen-bond donors (Lipinski definition) is 2. The minimum atomic E-state index is -0.182. The van der Waals surface area contributed by atoms with Gasteiger partial charge in [-0.05, 0) is 69.0 Å². The minimum absolute atomic E-state index is 0.0943. The molecular weight excluding hydrogens is 376 g/mol. The van der Waals surface area contributed by atoms with Crippen LogP contribution in [0, 0.1) is 0 Å². The molecule has 3 rings (SSSR count). The van der Waals surface area contributed by atoms with E-state index in [2.05, 4.69) is 26.6 Å². The first-order chi connectivity index (χ1) is 14.5. The summed E-state index contributed by atoms with van der Waals surface area (Å²) in [7, 11) is 0. The fourth-order valence-electron chi connectivity index (χ4n) is 3.66. The maximum Gasteiger partial charge on any atom is 0.315 e. The van der Waals surface area contributed by atoms with Gasteiger partial charge in [0.2, 0.25) is 0 Å². The van der Waals surface area contributed by atoms with Crippen LogP contribution < -0.4 is 20.3 Å². The number of aromatic nitrogens is 1. The van der Waals surface area contributed by atoms with E-state index in [1.165, 1.54) is 25.7 Å². The lowest BCUT2D eigenvalue weighted by molar-refractivity contribution is 0.237. The van der Waals surface area contributed by atoms with Crippen molar-refractivity contribution in [1.29, 1.82) is 0 Å². The number of nitrogens with one attached hydrogen (secondary N) is 2. The third-order valence-corrected chi connectivity index (χ3v) is 5.29. The first-order valence-corrected chi connectivity index (χ1v) is 11.0. The van der Waals surface area contributed by atoms with Crippen molar-refractivity contribution in [2.24, 2.45) is 0 Å². The number of benzene rings is 1. The highest BCUT2D eigenvalue weighted by Gasteiger charge is 2.13. The molecule has 2 amide bonds. The molecule has 0 radical (unpaired) electrons. The Balaban J connectivity index is 1.50. The van der Waals surface area contributed by atoms with Gasteiger partial charge in [-0.15, -0.1) is 0 Å². The molecule has 6 heteroatoms. The Morgan fingerprint density at radius 3 is 2.43 bits per heavy atom. The monoisotopic (exact) mass is 410 g/mol. The van der Waals surface area contributed by atoms with Gasteiger partial charge >= 0.3 is 6.03 Å². The molecule has 1 saturated heterocycles. The van der Waals surface area contributed by atoms with Gasteiger partial charge in [-0.25, -0.2) is 9.78 Å². The summed E-state index contributed by atoms with van der Waals surface area (Å²) >= 11 is 0. The summed E-state index contributed by atoms with van der Waals surface area (Å²) in [5.74, 6) is 1.84. The van der Waals surface area contributed by atoms with Crippen LogP contribution in [0.3, 0.4) is 0 Å². The number of ether oxygens (including phenoxy) is 1. The molecule has 0 bridgehead atoms. The smallest absolute Gasteiger partial charge is 0.315 e. The van der Waals surface area contributed by atoms with Gasteiger partial charge in [0.15, 0.2) is 0 Å². The van der Waals surface area contributed by atoms with E-state index in [1.54, 1.807) is 0 Å². The van der Waals surface area contributed by atoms with E-state index in [0.717, 1.165) is 35.8 Å². The van der Waals surface area contributed by atoms with Crippen molar-refractivity contribution in [3.8, 4) is 5.75 Å². The van der Waals surface area contributed by atoms with Crippen LogP contribution in [0.25, 0.3) is 0 Å². The van der Waals surface area contributed by atoms with Crippen LogP contribution in [0.1, 0.15) is 63.6 Å². The van der Waals surface area contributed by atoms with Crippen molar-refractivity contribution in [2.45, 2.75) is 65.1 Å². The third kappa shape index (κ3) is 6.65. The topological polar surface area (TPSA) is 66.5 Å². The summed E-state index contributed by atoms with van der Waals surface area (Å²) in [4.78, 5) is 19.3. The highest BCUT2D eigenvalue weighted by molar-refractivity contribution is 5.74. The normalized spacial score (nSPS) is 15.4. The van der Waals surface area contributed by atoms with Gasteiger partial charge in [-0.1, -0.05) is 25.0 Å². The first kappa shape index (κ1) is 21.9. The fraction of sp³-hybridized carbons (Fsp3) is 0.500. The molecule has 0 saturated carbocycles. The van der Waals surface area contributed by atoms with E-state index >= 15 is 0 Å². The number of hydrogen-bond acceptors (Lipinski definition) is 4. The molecule has 2 aromatic rings. The molecule has 1 aliphatic heterocycles. The number of carbonyl (C=O) groups excluding carboxylic acids is 1. The van der Waals surface area contributed by atoms with Crippen LogP contribution in [-0.2, 0) is 6.54 Å². The van der Waals surface area contributed by atoms with Crippen molar-refractivity contribution >= 4 is 11.8 Å². The number of pyridine rings is 1. The lowest BCUT2D eigenvalue weighted by atomic mass is 10.1. The molecule has 162 valence electrons. The maximum absolute atomic E-state index is 12.4. The molecule has 1 aromatic carbocycles. The van der Waals surface area contributed by atoms with Gasteiger partial charge in [0.05, 0.1) is 12.1 Å². The summed E-state index contributed by atoms with van der Waals surface area (Å²) in [6.07, 6.45) is 7.00. The molecule has 2 N–H and O–H groups in total. The quantitative estimate of drug-likeness (QED) is 0.687. The Morgan fingerprint density at radius 2 is 1.77 bits per heavy atom. The Bertz CT molecular complexity index is 799. The number of nitrogens with zero attached hydrogens (tertiary/aromatic N) is 2. The van der Waals surface area contributed by atoms with Gasteiger partial charge in [-0.3, -0.25) is 0 Å². The number of urea groups is 1. The van der Waals surface area contributed by atoms with Gasteiger partial charge in [0.25, 0.3) is 0 Å². The number of rotatable bonds is 7. The molecule has 30 heavy (non-hydrogen) atoms. The van der Waals surface area contributed by atoms with Gasteiger partial charge in [0.1, 0.15) is 11.6 Å². The summed E-state index contributed by atoms with van der Waals surface area (Å²) in [5, 5.41) is 5.95. The van der Waals surface area contributed by atoms with E-state index in [9.17, 15) is 4.79 Å². The van der Waals surface area contributed by atoms with Crippen LogP contribution in [0.2, 0.25) is 0 Å². The molecule has 6 nitrogen and oxygen atoms in total. The Kier molecular flexibility index (Phi) is 7.94. The van der Waals surface area contributed by atoms with E-state index < -0.39 is 0 Å². The second kappa shape index (κ2) is 10.9. The average molecular weight is 411 g/mol. The average Bonchev–Trinajstić information content (AvgIpc) is 3.02. The summed E-state index contributed by atoms with van der Waals surface area (Å²) in [6, 6.07) is 11.6. The van der Waals surface area contributed by atoms with Crippen LogP contribution in [-0.4, -0.2) is 30.2 Å². The molecule has 1 aromatic heterocycles. The molecule has 1 unspecified atom stereocenters. The number of carbonyl (C=O) groups is 1. The standard InChI is InChI=1S/C24H34N4O2/c1-18(2)30-22-10-8-21(9-11-22)19(3)27-24(29)26-17-20-12-13-25-23(16-20)28-14-6-4-5-7-15-28/h8-13,16,18-19H,4-7,14-15,17H2,1-3H3,(H2,26,27,29). The molecule has 0 aliphatic carbocycles. The highest BCUT2D eigenvalue weighted by Crippen LogP contribution is 2.19. The van der Waals surface area contributed by atoms with Crippen molar-refractivity contribution in [1.82, 2.24) is 15.6 Å². The zero-order valence-electron chi connectivity index (χ0n) is 18.4. The van der Waals surface area contributed by atoms with Crippen LogP contribution >= 0.6 is 0 Å². The molecule has 1 fully saturated rings. The van der Waals surface area contributed by atoms with Gasteiger partial charge < -0.3 is 20.3 Å². The third-order valence-electron chi connectivity index (χ3n) is 5.29. The first-order valence-electron chi connectivity index (χ1n) is 11.0. The predicted octanol–water partition coefficient (Wildman–Crippen LogP) is 4.81. The second-order valence-electron chi connectivity index (χ2n) is 8.21. The summed E-state index contributed by atoms with van der Waals surface area (Å²) < 4.78 is 5.67. The Morgan fingerprint density at radius 1 is 1.07 bits per heavy atom. The molecular formula is C24H34N4O2. The van der Waals surface area contributed by atoms with Crippen molar-refractivity contribution in [3.63, 3.8) is 0 Å². The SMILES string of the molecule is CC(C)Oc1ccc(C(C)NC(=O)NCc2ccnc(N3CCCCCC3)c2)cc1. The number of anilines is 1. The lowest BCUT2D eigenvalue weighted by Crippen LogP contribution is -2.36. The zero-order valence-corrected chi connectivity index (χ0v) is 18.4. The van der Waals surface area contributed by atoms with E-state index in [4.69, 9.17) is 4.74 Å². The van der Waals surface area contributed by atoms with Crippen LogP contribution in [0.5, 0.6) is 5.75 Å². The Hall–Kier alpha value is -2.76. The molecule has 2 heterocycles. The summed E-state index contributed by atoms with van der Waals surface area (Å²) in [6.45, 7) is 8.57. The lowest BCUT2D eigenvalue weighted by Gasteiger charge is -2.22. The van der Waals surface area contributed by atoms with Gasteiger partial charge in [-0.2, -0.15) is 0 Å². The minimum Gasteiger partial charge on any atom is -0.491 e. The van der Waals surface area contributed by atoms with E-state index in [1.807, 2.05) is 57.3 Å². The second-order valence-corrected chi connectivity index (χ2v) is 8.21. The van der Waals surface area contributed by atoms with E-state index in [0.29, 0.717) is 6.54 Å². The fourth-order valence-corrected chi connectivity index (χ4v) is 3.66. The van der Waals surface area contributed by atoms with Gasteiger partial charge in [0, 0.05) is 25.8 Å². The van der Waals surface area contributed by atoms with E-state index in [-0.39, 0.29) is 18.2 Å². The zero-order chi connectivity index (χ0) is 21.3. The van der Waals surface area contributed by atoms with Crippen molar-refractivity contribution < 1.29 is 9.53 Å².